The van der Waals surface area contributed by atoms with Crippen molar-refractivity contribution in [2.24, 2.45) is 0 Å². The number of rotatable bonds is 11. The summed E-state index contributed by atoms with van der Waals surface area (Å²) in [5, 5.41) is 15.2. The van der Waals surface area contributed by atoms with E-state index >= 15 is 0 Å². The Bertz CT molecular complexity index is 1000. The smallest absolute Gasteiger partial charge is 0.227 e. The Hall–Kier alpha value is -2.74. The second-order valence-corrected chi connectivity index (χ2v) is 8.15. The molecule has 7 heteroatoms. The van der Waals surface area contributed by atoms with Crippen molar-refractivity contribution in [1.29, 1.82) is 0 Å². The van der Waals surface area contributed by atoms with Crippen molar-refractivity contribution in [2.45, 2.75) is 45.4 Å². The van der Waals surface area contributed by atoms with Crippen molar-refractivity contribution in [3.8, 4) is 17.3 Å². The molecular formula is C25H30FN3O3. The third-order valence-corrected chi connectivity index (χ3v) is 5.55. The van der Waals surface area contributed by atoms with Gasteiger partial charge in [0, 0.05) is 25.7 Å². The third-order valence-electron chi connectivity index (χ3n) is 5.55. The Morgan fingerprint density at radius 3 is 2.53 bits per heavy atom. The van der Waals surface area contributed by atoms with Gasteiger partial charge in [0.05, 0.1) is 29.7 Å². The van der Waals surface area contributed by atoms with E-state index < -0.39 is 6.10 Å². The number of para-hydroxylation sites is 1. The molecule has 1 aromatic heterocycles. The molecule has 1 atom stereocenters. The van der Waals surface area contributed by atoms with E-state index in [9.17, 15) is 9.50 Å². The molecule has 0 aliphatic heterocycles. The fourth-order valence-corrected chi connectivity index (χ4v) is 3.75. The van der Waals surface area contributed by atoms with Crippen molar-refractivity contribution >= 4 is 0 Å². The maximum atomic E-state index is 13.4. The monoisotopic (exact) mass is 439 g/mol. The summed E-state index contributed by atoms with van der Waals surface area (Å²) in [7, 11) is 0. The summed E-state index contributed by atoms with van der Waals surface area (Å²) in [6.45, 7) is 5.92. The molecule has 0 bridgehead atoms. The maximum Gasteiger partial charge on any atom is 0.227 e. The summed E-state index contributed by atoms with van der Waals surface area (Å²) in [6, 6.07) is 16.2. The van der Waals surface area contributed by atoms with Crippen LogP contribution in [0.15, 0.2) is 54.6 Å². The van der Waals surface area contributed by atoms with E-state index in [2.05, 4.69) is 4.90 Å². The summed E-state index contributed by atoms with van der Waals surface area (Å²) >= 11 is 0. The average Bonchev–Trinajstić information content (AvgIpc) is 3.60. The van der Waals surface area contributed by atoms with E-state index in [0.717, 1.165) is 29.8 Å². The van der Waals surface area contributed by atoms with Gasteiger partial charge < -0.3 is 14.6 Å². The molecule has 0 unspecified atom stereocenters. The molecule has 1 saturated carbocycles. The molecule has 1 aliphatic rings. The predicted molar refractivity (Wildman–Crippen MR) is 121 cm³/mol. The van der Waals surface area contributed by atoms with Crippen molar-refractivity contribution in [3.05, 3.63) is 71.7 Å². The Morgan fingerprint density at radius 1 is 1.16 bits per heavy atom. The lowest BCUT2D eigenvalue weighted by molar-refractivity contribution is 0.0177. The van der Waals surface area contributed by atoms with Crippen molar-refractivity contribution in [3.63, 3.8) is 0 Å². The van der Waals surface area contributed by atoms with E-state index in [1.807, 2.05) is 44.2 Å². The minimum atomic E-state index is -0.554. The first-order chi connectivity index (χ1) is 15.5. The van der Waals surface area contributed by atoms with E-state index in [-0.39, 0.29) is 5.82 Å². The van der Waals surface area contributed by atoms with Gasteiger partial charge in [0.15, 0.2) is 0 Å². The molecule has 1 N–H and O–H groups in total. The molecule has 0 amide bonds. The Labute approximate surface area is 188 Å². The van der Waals surface area contributed by atoms with Gasteiger partial charge in [-0.05, 0) is 63.1 Å². The van der Waals surface area contributed by atoms with Crippen molar-refractivity contribution < 1.29 is 19.0 Å². The van der Waals surface area contributed by atoms with E-state index in [4.69, 9.17) is 14.6 Å². The molecule has 1 aliphatic carbocycles. The van der Waals surface area contributed by atoms with Gasteiger partial charge >= 0.3 is 0 Å². The number of aliphatic hydroxyl groups excluding tert-OH is 1. The van der Waals surface area contributed by atoms with Gasteiger partial charge in [-0.1, -0.05) is 18.2 Å². The van der Waals surface area contributed by atoms with Gasteiger partial charge in [0.1, 0.15) is 11.6 Å². The van der Waals surface area contributed by atoms with Crippen LogP contribution < -0.4 is 4.74 Å². The van der Waals surface area contributed by atoms with E-state index in [1.165, 1.54) is 12.1 Å². The topological polar surface area (TPSA) is 59.8 Å². The highest BCUT2D eigenvalue weighted by molar-refractivity contribution is 5.43. The van der Waals surface area contributed by atoms with Crippen LogP contribution in [0.25, 0.3) is 5.69 Å². The van der Waals surface area contributed by atoms with Gasteiger partial charge in [-0.3, -0.25) is 4.90 Å². The van der Waals surface area contributed by atoms with Gasteiger partial charge in [-0.15, -0.1) is 0 Å². The number of ether oxygens (including phenoxy) is 2. The molecule has 0 spiro atoms. The zero-order chi connectivity index (χ0) is 22.5. The first-order valence-electron chi connectivity index (χ1n) is 11.1. The molecule has 6 nitrogen and oxygen atoms in total. The second-order valence-electron chi connectivity index (χ2n) is 8.15. The standard InChI is InChI=1S/C25H30FN3O3/c1-3-31-17-22(30)15-28(20-11-12-20)16-24-18(2)27-29(21-7-5-4-6-8-21)25(24)32-23-13-9-19(26)10-14-23/h4-10,13-14,20,22,30H,3,11-12,15-17H2,1-2H3/t22-/m1/s1. The molecule has 170 valence electrons. The first kappa shape index (κ1) is 22.5. The highest BCUT2D eigenvalue weighted by Crippen LogP contribution is 2.35. The lowest BCUT2D eigenvalue weighted by Crippen LogP contribution is -2.36. The predicted octanol–water partition coefficient (Wildman–Crippen LogP) is 4.47. The summed E-state index contributed by atoms with van der Waals surface area (Å²) < 4.78 is 26.9. The van der Waals surface area contributed by atoms with Gasteiger partial charge in [0.25, 0.3) is 0 Å². The molecule has 2 aromatic carbocycles. The fourth-order valence-electron chi connectivity index (χ4n) is 3.75. The molecule has 0 saturated heterocycles. The molecule has 1 fully saturated rings. The number of aromatic nitrogens is 2. The molecule has 3 aromatic rings. The van der Waals surface area contributed by atoms with Gasteiger partial charge in [-0.25, -0.2) is 9.07 Å². The normalized spacial score (nSPS) is 14.7. The fraction of sp³-hybridized carbons (Fsp3) is 0.400. The molecule has 32 heavy (non-hydrogen) atoms. The Kier molecular flexibility index (Phi) is 7.19. The third kappa shape index (κ3) is 5.54. The summed E-state index contributed by atoms with van der Waals surface area (Å²) in [6.07, 6.45) is 1.67. The van der Waals surface area contributed by atoms with Crippen LogP contribution in [0.2, 0.25) is 0 Å². The van der Waals surface area contributed by atoms with Crippen LogP contribution in [0.5, 0.6) is 11.6 Å². The zero-order valence-electron chi connectivity index (χ0n) is 18.6. The number of benzene rings is 2. The highest BCUT2D eigenvalue weighted by atomic mass is 19.1. The molecule has 4 rings (SSSR count). The maximum absolute atomic E-state index is 13.4. The minimum Gasteiger partial charge on any atom is -0.439 e. The average molecular weight is 440 g/mol. The van der Waals surface area contributed by atoms with Crippen molar-refractivity contribution in [1.82, 2.24) is 14.7 Å². The highest BCUT2D eigenvalue weighted by Gasteiger charge is 2.32. The first-order valence-corrected chi connectivity index (χ1v) is 11.1. The van der Waals surface area contributed by atoms with Crippen LogP contribution >= 0.6 is 0 Å². The quantitative estimate of drug-likeness (QED) is 0.478. The lowest BCUT2D eigenvalue weighted by Gasteiger charge is -2.25. The summed E-state index contributed by atoms with van der Waals surface area (Å²) in [5.74, 6) is 0.831. The van der Waals surface area contributed by atoms with Gasteiger partial charge in [0.2, 0.25) is 5.88 Å². The Balaban J connectivity index is 1.65. The number of halogens is 1. The number of hydrogen-bond acceptors (Lipinski definition) is 5. The number of nitrogens with zero attached hydrogens (tertiary/aromatic N) is 3. The van der Waals surface area contributed by atoms with Gasteiger partial charge in [-0.2, -0.15) is 5.10 Å². The Morgan fingerprint density at radius 2 is 1.88 bits per heavy atom. The van der Waals surface area contributed by atoms with Crippen LogP contribution in [-0.4, -0.2) is 51.7 Å². The van der Waals surface area contributed by atoms with Crippen LogP contribution in [0.4, 0.5) is 4.39 Å². The zero-order valence-corrected chi connectivity index (χ0v) is 18.6. The summed E-state index contributed by atoms with van der Waals surface area (Å²) in [4.78, 5) is 2.28. The van der Waals surface area contributed by atoms with Crippen LogP contribution in [0.3, 0.4) is 0 Å². The lowest BCUT2D eigenvalue weighted by atomic mass is 10.2. The SMILES string of the molecule is CCOC[C@H](O)CN(Cc1c(C)nn(-c2ccccc2)c1Oc1ccc(F)cc1)C1CC1. The van der Waals surface area contributed by atoms with Crippen LogP contribution in [0, 0.1) is 12.7 Å². The van der Waals surface area contributed by atoms with E-state index in [1.54, 1.807) is 16.8 Å². The molecule has 1 heterocycles. The largest absolute Gasteiger partial charge is 0.439 e. The second kappa shape index (κ2) is 10.3. The number of aliphatic hydroxyl groups is 1. The minimum absolute atomic E-state index is 0.312. The number of hydrogen-bond donors (Lipinski definition) is 1. The molecular weight excluding hydrogens is 409 g/mol. The number of aryl methyl sites for hydroxylation is 1. The summed E-state index contributed by atoms with van der Waals surface area (Å²) in [5.41, 5.74) is 2.69. The van der Waals surface area contributed by atoms with Crippen LogP contribution in [-0.2, 0) is 11.3 Å². The van der Waals surface area contributed by atoms with E-state index in [0.29, 0.717) is 44.0 Å². The van der Waals surface area contributed by atoms with Crippen LogP contribution in [0.1, 0.15) is 31.0 Å². The van der Waals surface area contributed by atoms with Crippen molar-refractivity contribution in [2.75, 3.05) is 19.8 Å². The molecule has 0 radical (unpaired) electrons.